The second-order valence-electron chi connectivity index (χ2n) is 4.90. The maximum Gasteiger partial charge on any atom is 0.127 e. The molecule has 1 N–H and O–H groups in total. The van der Waals surface area contributed by atoms with Crippen molar-refractivity contribution in [3.63, 3.8) is 0 Å². The Morgan fingerprint density at radius 3 is 2.84 bits per heavy atom. The smallest absolute Gasteiger partial charge is 0.127 e. The van der Waals surface area contributed by atoms with Crippen molar-refractivity contribution in [2.45, 2.75) is 38.5 Å². The van der Waals surface area contributed by atoms with Crippen LogP contribution < -0.4 is 14.8 Å². The van der Waals surface area contributed by atoms with Crippen LogP contribution in [-0.2, 0) is 11.3 Å². The number of rotatable bonds is 6. The normalized spacial score (nSPS) is 20.3. The molecule has 0 aliphatic carbocycles. The van der Waals surface area contributed by atoms with Gasteiger partial charge in [0.05, 0.1) is 20.3 Å². The molecule has 1 aromatic carbocycles. The zero-order valence-electron chi connectivity index (χ0n) is 11.9. The number of methoxy groups -OCH3 is 2. The summed E-state index contributed by atoms with van der Waals surface area (Å²) in [5, 5.41) is 3.51. The van der Waals surface area contributed by atoms with Gasteiger partial charge in [-0.05, 0) is 25.8 Å². The first-order valence-electron chi connectivity index (χ1n) is 6.80. The fourth-order valence-electron chi connectivity index (χ4n) is 2.40. The van der Waals surface area contributed by atoms with E-state index in [0.717, 1.165) is 36.6 Å². The van der Waals surface area contributed by atoms with Crippen molar-refractivity contribution in [1.29, 1.82) is 0 Å². The van der Waals surface area contributed by atoms with E-state index in [4.69, 9.17) is 14.2 Å². The lowest BCUT2D eigenvalue weighted by molar-refractivity contribution is 0.0831. The van der Waals surface area contributed by atoms with Crippen molar-refractivity contribution in [2.24, 2.45) is 0 Å². The number of nitrogens with one attached hydrogen (secondary N) is 1. The Morgan fingerprint density at radius 2 is 2.21 bits per heavy atom. The first kappa shape index (κ1) is 14.2. The molecule has 2 atom stereocenters. The van der Waals surface area contributed by atoms with Crippen LogP contribution in [0, 0.1) is 0 Å². The molecule has 0 bridgehead atoms. The molecule has 4 nitrogen and oxygen atoms in total. The lowest BCUT2D eigenvalue weighted by Crippen LogP contribution is -2.36. The lowest BCUT2D eigenvalue weighted by atomic mass is 10.1. The summed E-state index contributed by atoms with van der Waals surface area (Å²) in [6, 6.07) is 6.26. The molecule has 0 amide bonds. The molecule has 0 aromatic heterocycles. The molecule has 1 fully saturated rings. The van der Waals surface area contributed by atoms with Crippen LogP contribution in [0.2, 0.25) is 0 Å². The monoisotopic (exact) mass is 265 g/mol. The Bertz CT molecular complexity index is 402. The second-order valence-corrected chi connectivity index (χ2v) is 4.90. The zero-order chi connectivity index (χ0) is 13.7. The minimum atomic E-state index is 0.337. The van der Waals surface area contributed by atoms with Gasteiger partial charge in [0, 0.05) is 30.8 Å². The van der Waals surface area contributed by atoms with Crippen molar-refractivity contribution in [1.82, 2.24) is 5.32 Å². The Labute approximate surface area is 115 Å². The Morgan fingerprint density at radius 1 is 1.37 bits per heavy atom. The molecule has 2 rings (SSSR count). The molecule has 1 saturated heterocycles. The van der Waals surface area contributed by atoms with E-state index in [9.17, 15) is 0 Å². The summed E-state index contributed by atoms with van der Waals surface area (Å²) in [5.74, 6) is 1.67. The van der Waals surface area contributed by atoms with Crippen LogP contribution >= 0.6 is 0 Å². The second kappa shape index (κ2) is 6.78. The summed E-state index contributed by atoms with van der Waals surface area (Å²) in [5.41, 5.74) is 1.13. The summed E-state index contributed by atoms with van der Waals surface area (Å²) >= 11 is 0. The number of ether oxygens (including phenoxy) is 3. The summed E-state index contributed by atoms with van der Waals surface area (Å²) in [6.07, 6.45) is 2.65. The van der Waals surface area contributed by atoms with Crippen molar-refractivity contribution < 1.29 is 14.2 Å². The van der Waals surface area contributed by atoms with E-state index in [1.54, 1.807) is 14.2 Å². The van der Waals surface area contributed by atoms with Crippen molar-refractivity contribution >= 4 is 0 Å². The number of hydrogen-bond acceptors (Lipinski definition) is 4. The highest BCUT2D eigenvalue weighted by Gasteiger charge is 2.22. The van der Waals surface area contributed by atoms with Gasteiger partial charge in [0.15, 0.2) is 0 Å². The van der Waals surface area contributed by atoms with E-state index < -0.39 is 0 Å². The summed E-state index contributed by atoms with van der Waals surface area (Å²) in [4.78, 5) is 0. The molecule has 106 valence electrons. The van der Waals surface area contributed by atoms with Gasteiger partial charge in [0.1, 0.15) is 11.5 Å². The summed E-state index contributed by atoms with van der Waals surface area (Å²) in [7, 11) is 3.34. The van der Waals surface area contributed by atoms with E-state index in [0.29, 0.717) is 12.1 Å². The zero-order valence-corrected chi connectivity index (χ0v) is 11.9. The fraction of sp³-hybridized carbons (Fsp3) is 0.600. The van der Waals surface area contributed by atoms with E-state index in [2.05, 4.69) is 12.2 Å². The largest absolute Gasteiger partial charge is 0.497 e. The van der Waals surface area contributed by atoms with Gasteiger partial charge in [-0.25, -0.2) is 0 Å². The van der Waals surface area contributed by atoms with Crippen LogP contribution in [0.3, 0.4) is 0 Å². The average molecular weight is 265 g/mol. The third kappa shape index (κ3) is 3.61. The predicted octanol–water partition coefficient (Wildman–Crippen LogP) is 2.36. The highest BCUT2D eigenvalue weighted by Crippen LogP contribution is 2.25. The fourth-order valence-corrected chi connectivity index (χ4v) is 2.40. The molecule has 0 saturated carbocycles. The highest BCUT2D eigenvalue weighted by molar-refractivity contribution is 5.40. The standard InChI is InChI=1S/C15H23NO3/c1-11(14-5-4-8-19-14)16-10-12-6-7-13(17-2)9-15(12)18-3/h6-7,9,11,14,16H,4-5,8,10H2,1-3H3. The van der Waals surface area contributed by atoms with Crippen molar-refractivity contribution in [3.8, 4) is 11.5 Å². The Hall–Kier alpha value is -1.26. The molecule has 4 heteroatoms. The van der Waals surface area contributed by atoms with E-state index >= 15 is 0 Å². The Kier molecular flexibility index (Phi) is 5.05. The van der Waals surface area contributed by atoms with Crippen LogP contribution in [0.5, 0.6) is 11.5 Å². The molecular weight excluding hydrogens is 242 g/mol. The van der Waals surface area contributed by atoms with Crippen LogP contribution in [0.4, 0.5) is 0 Å². The lowest BCUT2D eigenvalue weighted by Gasteiger charge is -2.20. The van der Waals surface area contributed by atoms with Gasteiger partial charge in [-0.2, -0.15) is 0 Å². The molecular formula is C15H23NO3. The SMILES string of the molecule is COc1ccc(CNC(C)C2CCCO2)c(OC)c1. The minimum Gasteiger partial charge on any atom is -0.497 e. The molecule has 1 aliphatic rings. The first-order valence-corrected chi connectivity index (χ1v) is 6.80. The van der Waals surface area contributed by atoms with E-state index in [1.807, 2.05) is 18.2 Å². The van der Waals surface area contributed by atoms with E-state index in [-0.39, 0.29) is 0 Å². The third-order valence-corrected chi connectivity index (χ3v) is 3.63. The molecule has 1 heterocycles. The molecule has 19 heavy (non-hydrogen) atoms. The molecule has 2 unspecified atom stereocenters. The average Bonchev–Trinajstić information content (AvgIpc) is 2.98. The van der Waals surface area contributed by atoms with Gasteiger partial charge in [0.25, 0.3) is 0 Å². The number of benzene rings is 1. The van der Waals surface area contributed by atoms with Gasteiger partial charge in [-0.3, -0.25) is 0 Å². The van der Waals surface area contributed by atoms with Gasteiger partial charge >= 0.3 is 0 Å². The van der Waals surface area contributed by atoms with Crippen molar-refractivity contribution in [2.75, 3.05) is 20.8 Å². The van der Waals surface area contributed by atoms with Crippen molar-refractivity contribution in [3.05, 3.63) is 23.8 Å². The summed E-state index contributed by atoms with van der Waals surface area (Å²) in [6.45, 7) is 3.84. The van der Waals surface area contributed by atoms with Crippen LogP contribution in [0.15, 0.2) is 18.2 Å². The van der Waals surface area contributed by atoms with Crippen LogP contribution in [0.25, 0.3) is 0 Å². The van der Waals surface area contributed by atoms with Gasteiger partial charge in [0.2, 0.25) is 0 Å². The summed E-state index contributed by atoms with van der Waals surface area (Å²) < 4.78 is 16.3. The van der Waals surface area contributed by atoms with Gasteiger partial charge in [-0.1, -0.05) is 6.07 Å². The number of hydrogen-bond donors (Lipinski definition) is 1. The topological polar surface area (TPSA) is 39.7 Å². The highest BCUT2D eigenvalue weighted by atomic mass is 16.5. The van der Waals surface area contributed by atoms with Gasteiger partial charge in [-0.15, -0.1) is 0 Å². The predicted molar refractivity (Wildman–Crippen MR) is 74.8 cm³/mol. The minimum absolute atomic E-state index is 0.337. The molecule has 1 aromatic rings. The van der Waals surface area contributed by atoms with Crippen LogP contribution in [-0.4, -0.2) is 33.0 Å². The molecule has 0 radical (unpaired) electrons. The quantitative estimate of drug-likeness (QED) is 0.857. The van der Waals surface area contributed by atoms with Gasteiger partial charge < -0.3 is 19.5 Å². The maximum absolute atomic E-state index is 5.68. The maximum atomic E-state index is 5.68. The van der Waals surface area contributed by atoms with Crippen LogP contribution in [0.1, 0.15) is 25.3 Å². The Balaban J connectivity index is 1.94. The third-order valence-electron chi connectivity index (χ3n) is 3.63. The molecule has 1 aliphatic heterocycles. The molecule has 0 spiro atoms. The first-order chi connectivity index (χ1) is 9.24. The van der Waals surface area contributed by atoms with E-state index in [1.165, 1.54) is 6.42 Å².